The zero-order valence-electron chi connectivity index (χ0n) is 12.1. The zero-order chi connectivity index (χ0) is 13.9. The number of hydrogen-bond acceptors (Lipinski definition) is 3. The van der Waals surface area contributed by atoms with Gasteiger partial charge >= 0.3 is 0 Å². The summed E-state index contributed by atoms with van der Waals surface area (Å²) in [5.74, 6) is 0.923. The molecule has 0 spiro atoms. The minimum absolute atomic E-state index is 0.108. The van der Waals surface area contributed by atoms with Crippen molar-refractivity contribution in [3.63, 3.8) is 0 Å². The Morgan fingerprint density at radius 3 is 2.68 bits per heavy atom. The highest BCUT2D eigenvalue weighted by molar-refractivity contribution is 7.09. The van der Waals surface area contributed by atoms with Gasteiger partial charge in [-0.2, -0.15) is 0 Å². The SMILES string of the molecule is CCc1cccc(OCc2nc(C(C)(C)C)cs2)c1. The quantitative estimate of drug-likeness (QED) is 0.814. The van der Waals surface area contributed by atoms with Gasteiger partial charge in [0.2, 0.25) is 0 Å². The molecule has 0 aliphatic carbocycles. The van der Waals surface area contributed by atoms with Crippen LogP contribution in [0.25, 0.3) is 0 Å². The zero-order valence-corrected chi connectivity index (χ0v) is 12.9. The Balaban J connectivity index is 2.00. The van der Waals surface area contributed by atoms with Crippen LogP contribution >= 0.6 is 11.3 Å². The highest BCUT2D eigenvalue weighted by atomic mass is 32.1. The molecule has 0 bridgehead atoms. The maximum Gasteiger partial charge on any atom is 0.140 e. The number of aryl methyl sites for hydroxylation is 1. The fourth-order valence-electron chi connectivity index (χ4n) is 1.72. The molecule has 0 amide bonds. The van der Waals surface area contributed by atoms with Crippen LogP contribution in [0.15, 0.2) is 29.6 Å². The lowest BCUT2D eigenvalue weighted by atomic mass is 9.93. The minimum atomic E-state index is 0.108. The van der Waals surface area contributed by atoms with Crippen molar-refractivity contribution in [3.8, 4) is 5.75 Å². The van der Waals surface area contributed by atoms with Crippen molar-refractivity contribution in [2.24, 2.45) is 0 Å². The summed E-state index contributed by atoms with van der Waals surface area (Å²) in [5, 5.41) is 3.16. The number of nitrogens with zero attached hydrogens (tertiary/aromatic N) is 1. The third-order valence-electron chi connectivity index (χ3n) is 2.99. The second kappa shape index (κ2) is 5.74. The van der Waals surface area contributed by atoms with Gasteiger partial charge in [-0.15, -0.1) is 11.3 Å². The summed E-state index contributed by atoms with van der Waals surface area (Å²) in [4.78, 5) is 4.63. The van der Waals surface area contributed by atoms with Crippen molar-refractivity contribution < 1.29 is 4.74 Å². The second-order valence-corrected chi connectivity index (χ2v) is 6.61. The molecule has 0 aliphatic rings. The van der Waals surface area contributed by atoms with E-state index in [0.717, 1.165) is 22.9 Å². The number of benzene rings is 1. The predicted molar refractivity (Wildman–Crippen MR) is 81.0 cm³/mol. The number of hydrogen-bond donors (Lipinski definition) is 0. The maximum absolute atomic E-state index is 5.81. The molecule has 102 valence electrons. The van der Waals surface area contributed by atoms with Gasteiger partial charge in [-0.25, -0.2) is 4.98 Å². The number of ether oxygens (including phenoxy) is 1. The van der Waals surface area contributed by atoms with Crippen molar-refractivity contribution in [2.45, 2.75) is 46.1 Å². The van der Waals surface area contributed by atoms with E-state index < -0.39 is 0 Å². The van der Waals surface area contributed by atoms with Crippen LogP contribution in [0.3, 0.4) is 0 Å². The molecule has 0 saturated carbocycles. The molecule has 2 aromatic rings. The van der Waals surface area contributed by atoms with E-state index in [0.29, 0.717) is 6.61 Å². The number of aromatic nitrogens is 1. The average Bonchev–Trinajstić information content (AvgIpc) is 2.85. The molecule has 0 radical (unpaired) electrons. The molecule has 0 atom stereocenters. The molecule has 0 saturated heterocycles. The fourth-order valence-corrected chi connectivity index (χ4v) is 2.65. The van der Waals surface area contributed by atoms with Gasteiger partial charge in [-0.3, -0.25) is 0 Å². The van der Waals surface area contributed by atoms with Crippen LogP contribution in [0.1, 0.15) is 44.0 Å². The average molecular weight is 275 g/mol. The first-order valence-electron chi connectivity index (χ1n) is 6.65. The number of thiazole rings is 1. The Morgan fingerprint density at radius 2 is 2.05 bits per heavy atom. The van der Waals surface area contributed by atoms with Crippen molar-refractivity contribution >= 4 is 11.3 Å². The van der Waals surface area contributed by atoms with Crippen molar-refractivity contribution in [1.29, 1.82) is 0 Å². The molecule has 1 heterocycles. The molecular formula is C16H21NOS. The van der Waals surface area contributed by atoms with Crippen LogP contribution < -0.4 is 4.74 Å². The van der Waals surface area contributed by atoms with Crippen LogP contribution in [0.4, 0.5) is 0 Å². The lowest BCUT2D eigenvalue weighted by Crippen LogP contribution is -2.11. The molecule has 19 heavy (non-hydrogen) atoms. The topological polar surface area (TPSA) is 22.1 Å². The monoisotopic (exact) mass is 275 g/mol. The highest BCUT2D eigenvalue weighted by Crippen LogP contribution is 2.24. The summed E-state index contributed by atoms with van der Waals surface area (Å²) in [6.07, 6.45) is 1.03. The van der Waals surface area contributed by atoms with E-state index in [-0.39, 0.29) is 5.41 Å². The second-order valence-electron chi connectivity index (χ2n) is 5.67. The van der Waals surface area contributed by atoms with E-state index in [1.807, 2.05) is 12.1 Å². The first-order valence-corrected chi connectivity index (χ1v) is 7.53. The van der Waals surface area contributed by atoms with E-state index in [2.05, 4.69) is 50.2 Å². The van der Waals surface area contributed by atoms with Gasteiger partial charge in [-0.1, -0.05) is 39.8 Å². The molecule has 3 heteroatoms. The third kappa shape index (κ3) is 3.80. The summed E-state index contributed by atoms with van der Waals surface area (Å²) in [5.41, 5.74) is 2.54. The first kappa shape index (κ1) is 14.1. The molecule has 0 N–H and O–H groups in total. The van der Waals surface area contributed by atoms with Gasteiger partial charge in [-0.05, 0) is 24.1 Å². The van der Waals surface area contributed by atoms with Crippen molar-refractivity contribution in [2.75, 3.05) is 0 Å². The largest absolute Gasteiger partial charge is 0.486 e. The Hall–Kier alpha value is -1.35. The van der Waals surface area contributed by atoms with E-state index in [1.54, 1.807) is 11.3 Å². The van der Waals surface area contributed by atoms with E-state index >= 15 is 0 Å². The summed E-state index contributed by atoms with van der Waals surface area (Å²) >= 11 is 1.67. The Bertz CT molecular complexity index is 540. The first-order chi connectivity index (χ1) is 8.99. The van der Waals surface area contributed by atoms with E-state index in [1.165, 1.54) is 5.56 Å². The van der Waals surface area contributed by atoms with Crippen molar-refractivity contribution in [3.05, 3.63) is 45.9 Å². The molecule has 0 fully saturated rings. The third-order valence-corrected chi connectivity index (χ3v) is 3.81. The normalized spacial score (nSPS) is 11.6. The highest BCUT2D eigenvalue weighted by Gasteiger charge is 2.17. The van der Waals surface area contributed by atoms with Gasteiger partial charge in [0.1, 0.15) is 17.4 Å². The van der Waals surface area contributed by atoms with Crippen LogP contribution in [0, 0.1) is 0 Å². The number of rotatable bonds is 4. The van der Waals surface area contributed by atoms with Gasteiger partial charge in [0.05, 0.1) is 5.69 Å². The van der Waals surface area contributed by atoms with Crippen LogP contribution in [0.2, 0.25) is 0 Å². The summed E-state index contributed by atoms with van der Waals surface area (Å²) in [7, 11) is 0. The summed E-state index contributed by atoms with van der Waals surface area (Å²) in [6.45, 7) is 9.23. The van der Waals surface area contributed by atoms with Gasteiger partial charge < -0.3 is 4.74 Å². The summed E-state index contributed by atoms with van der Waals surface area (Å²) in [6, 6.07) is 8.25. The molecular weight excluding hydrogens is 254 g/mol. The van der Waals surface area contributed by atoms with Gasteiger partial charge in [0.15, 0.2) is 0 Å². The standard InChI is InChI=1S/C16H21NOS/c1-5-12-7-6-8-13(9-12)18-10-15-17-14(11-19-15)16(2,3)4/h6-9,11H,5,10H2,1-4H3. The molecule has 1 aromatic heterocycles. The van der Waals surface area contributed by atoms with Gasteiger partial charge in [0.25, 0.3) is 0 Å². The molecule has 0 unspecified atom stereocenters. The summed E-state index contributed by atoms with van der Waals surface area (Å²) < 4.78 is 5.81. The van der Waals surface area contributed by atoms with E-state index in [9.17, 15) is 0 Å². The lowest BCUT2D eigenvalue weighted by molar-refractivity contribution is 0.304. The Kier molecular flexibility index (Phi) is 4.25. The molecule has 2 nitrogen and oxygen atoms in total. The van der Waals surface area contributed by atoms with Crippen LogP contribution in [0.5, 0.6) is 5.75 Å². The Morgan fingerprint density at radius 1 is 1.26 bits per heavy atom. The molecule has 0 aliphatic heterocycles. The predicted octanol–water partition coefficient (Wildman–Crippen LogP) is 4.58. The smallest absolute Gasteiger partial charge is 0.140 e. The van der Waals surface area contributed by atoms with Crippen molar-refractivity contribution in [1.82, 2.24) is 4.98 Å². The van der Waals surface area contributed by atoms with E-state index in [4.69, 9.17) is 4.74 Å². The molecule has 1 aromatic carbocycles. The maximum atomic E-state index is 5.81. The Labute approximate surface area is 119 Å². The molecule has 2 rings (SSSR count). The fraction of sp³-hybridized carbons (Fsp3) is 0.438. The lowest BCUT2D eigenvalue weighted by Gasteiger charge is -2.14. The van der Waals surface area contributed by atoms with Crippen LogP contribution in [-0.4, -0.2) is 4.98 Å². The van der Waals surface area contributed by atoms with Gasteiger partial charge in [0, 0.05) is 10.8 Å². The van der Waals surface area contributed by atoms with Crippen LogP contribution in [-0.2, 0) is 18.4 Å². The minimum Gasteiger partial charge on any atom is -0.486 e.